The van der Waals surface area contributed by atoms with Gasteiger partial charge in [0, 0.05) is 33.2 Å². The van der Waals surface area contributed by atoms with E-state index in [9.17, 15) is 4.79 Å². The molecule has 0 unspecified atom stereocenters. The van der Waals surface area contributed by atoms with Gasteiger partial charge in [0.15, 0.2) is 0 Å². The van der Waals surface area contributed by atoms with E-state index in [1.54, 1.807) is 29.3 Å². The van der Waals surface area contributed by atoms with Gasteiger partial charge in [-0.05, 0) is 29.8 Å². The Labute approximate surface area is 148 Å². The summed E-state index contributed by atoms with van der Waals surface area (Å²) in [6, 6.07) is 13.1. The van der Waals surface area contributed by atoms with Crippen LogP contribution < -0.4 is 0 Å². The number of hydrogen-bond acceptors (Lipinski definition) is 1. The number of halogens is 3. The summed E-state index contributed by atoms with van der Waals surface area (Å²) in [4.78, 5) is 13.4. The Bertz CT molecular complexity index is 695. The van der Waals surface area contributed by atoms with Gasteiger partial charge in [-0.25, -0.2) is 0 Å². The van der Waals surface area contributed by atoms with E-state index < -0.39 is 0 Å². The molecule has 0 atom stereocenters. The Morgan fingerprint density at radius 3 is 2.36 bits per heavy atom. The number of carbonyl (C=O) groups is 1. The molecule has 0 heterocycles. The first-order chi connectivity index (χ1) is 10.5. The molecule has 0 aliphatic carbocycles. The molecule has 0 N–H and O–H groups in total. The molecule has 0 saturated carbocycles. The third kappa shape index (κ3) is 4.35. The molecule has 0 fully saturated rings. The number of hydrogen-bond donors (Lipinski definition) is 0. The molecule has 1 amide bonds. The van der Waals surface area contributed by atoms with Crippen LogP contribution in [0.15, 0.2) is 53.1 Å². The fraction of sp³-hybridized carbons (Fsp3) is 0.118. The monoisotopic (exact) mass is 397 g/mol. The largest absolute Gasteiger partial charge is 0.315 e. The smallest absolute Gasteiger partial charge is 0.223 e. The topological polar surface area (TPSA) is 20.3 Å². The SMILES string of the molecule is CC(=O)N(/C=C/c1ccccc1Br)Cc1c(Cl)cccc1Cl. The minimum Gasteiger partial charge on any atom is -0.315 e. The van der Waals surface area contributed by atoms with Crippen molar-refractivity contribution >= 4 is 51.1 Å². The van der Waals surface area contributed by atoms with E-state index in [2.05, 4.69) is 15.9 Å². The molecule has 0 aromatic heterocycles. The summed E-state index contributed by atoms with van der Waals surface area (Å²) in [5.41, 5.74) is 1.72. The summed E-state index contributed by atoms with van der Waals surface area (Å²) >= 11 is 15.8. The molecule has 5 heteroatoms. The maximum Gasteiger partial charge on any atom is 0.223 e. The Hall–Kier alpha value is -1.29. The fourth-order valence-electron chi connectivity index (χ4n) is 1.90. The molecule has 0 aliphatic rings. The van der Waals surface area contributed by atoms with Crippen LogP contribution in [0, 0.1) is 0 Å². The molecule has 2 aromatic carbocycles. The van der Waals surface area contributed by atoms with Crippen molar-refractivity contribution in [3.8, 4) is 0 Å². The van der Waals surface area contributed by atoms with Gasteiger partial charge in [-0.1, -0.05) is 63.4 Å². The maximum atomic E-state index is 11.9. The number of rotatable bonds is 4. The predicted molar refractivity (Wildman–Crippen MR) is 95.9 cm³/mol. The molecule has 114 valence electrons. The second-order valence-electron chi connectivity index (χ2n) is 4.68. The van der Waals surface area contributed by atoms with Gasteiger partial charge in [-0.15, -0.1) is 0 Å². The molecule has 0 aliphatic heterocycles. The molecule has 0 bridgehead atoms. The van der Waals surface area contributed by atoms with Gasteiger partial charge in [0.05, 0.1) is 6.54 Å². The van der Waals surface area contributed by atoms with E-state index in [4.69, 9.17) is 23.2 Å². The van der Waals surface area contributed by atoms with E-state index >= 15 is 0 Å². The molecule has 0 radical (unpaired) electrons. The zero-order valence-corrected chi connectivity index (χ0v) is 15.0. The number of benzene rings is 2. The Morgan fingerprint density at radius 1 is 1.14 bits per heavy atom. The van der Waals surface area contributed by atoms with Crippen LogP contribution in [0.4, 0.5) is 0 Å². The lowest BCUT2D eigenvalue weighted by atomic mass is 10.2. The minimum absolute atomic E-state index is 0.0840. The van der Waals surface area contributed by atoms with Gasteiger partial charge < -0.3 is 4.90 Å². The van der Waals surface area contributed by atoms with E-state index in [0.717, 1.165) is 15.6 Å². The normalized spacial score (nSPS) is 10.9. The average Bonchev–Trinajstić information content (AvgIpc) is 2.47. The summed E-state index contributed by atoms with van der Waals surface area (Å²) in [6.07, 6.45) is 3.61. The van der Waals surface area contributed by atoms with Crippen molar-refractivity contribution < 1.29 is 4.79 Å². The van der Waals surface area contributed by atoms with Crippen LogP contribution in [0.25, 0.3) is 6.08 Å². The number of amides is 1. The van der Waals surface area contributed by atoms with E-state index in [0.29, 0.717) is 16.6 Å². The highest BCUT2D eigenvalue weighted by molar-refractivity contribution is 9.10. The summed E-state index contributed by atoms with van der Waals surface area (Å²) in [5.74, 6) is -0.0840. The quantitative estimate of drug-likeness (QED) is 0.639. The third-order valence-corrected chi connectivity index (χ3v) is 4.56. The van der Waals surface area contributed by atoms with Crippen molar-refractivity contribution in [2.75, 3.05) is 0 Å². The van der Waals surface area contributed by atoms with Gasteiger partial charge in [-0.2, -0.15) is 0 Å². The van der Waals surface area contributed by atoms with Crippen LogP contribution in [0.5, 0.6) is 0 Å². The first kappa shape index (κ1) is 17.1. The second-order valence-corrected chi connectivity index (χ2v) is 6.35. The standard InChI is InChI=1S/C17H14BrCl2NO/c1-12(22)21(10-9-13-5-2-3-6-15(13)18)11-14-16(19)7-4-8-17(14)20/h2-10H,11H2,1H3/b10-9+. The van der Waals surface area contributed by atoms with Gasteiger partial charge in [0.25, 0.3) is 0 Å². The van der Waals surface area contributed by atoms with Gasteiger partial charge in [0.2, 0.25) is 5.91 Å². The van der Waals surface area contributed by atoms with Gasteiger partial charge in [-0.3, -0.25) is 4.79 Å². The van der Waals surface area contributed by atoms with Crippen LogP contribution in [0.3, 0.4) is 0 Å². The highest BCUT2D eigenvalue weighted by Crippen LogP contribution is 2.26. The van der Waals surface area contributed by atoms with Gasteiger partial charge in [0.1, 0.15) is 0 Å². The lowest BCUT2D eigenvalue weighted by Gasteiger charge is -2.18. The highest BCUT2D eigenvalue weighted by atomic mass is 79.9. The molecule has 2 aromatic rings. The molecular weight excluding hydrogens is 385 g/mol. The van der Waals surface area contributed by atoms with Crippen molar-refractivity contribution in [1.29, 1.82) is 0 Å². The lowest BCUT2D eigenvalue weighted by Crippen LogP contribution is -2.22. The third-order valence-electron chi connectivity index (χ3n) is 3.13. The lowest BCUT2D eigenvalue weighted by molar-refractivity contribution is -0.126. The van der Waals surface area contributed by atoms with Crippen molar-refractivity contribution in [1.82, 2.24) is 4.90 Å². The highest BCUT2D eigenvalue weighted by Gasteiger charge is 2.12. The first-order valence-electron chi connectivity index (χ1n) is 6.62. The Kier molecular flexibility index (Phi) is 6.07. The summed E-state index contributed by atoms with van der Waals surface area (Å²) < 4.78 is 0.963. The van der Waals surface area contributed by atoms with Crippen LogP contribution in [0.2, 0.25) is 10.0 Å². The molecular formula is C17H14BrCl2NO. The van der Waals surface area contributed by atoms with Crippen LogP contribution in [0.1, 0.15) is 18.1 Å². The first-order valence-corrected chi connectivity index (χ1v) is 8.16. The fourth-order valence-corrected chi connectivity index (χ4v) is 2.84. The van der Waals surface area contributed by atoms with E-state index in [1.165, 1.54) is 6.92 Å². The predicted octanol–water partition coefficient (Wildman–Crippen LogP) is 5.78. The zero-order valence-electron chi connectivity index (χ0n) is 11.9. The molecule has 0 spiro atoms. The summed E-state index contributed by atoms with van der Waals surface area (Å²) in [7, 11) is 0. The summed E-state index contributed by atoms with van der Waals surface area (Å²) in [5, 5.41) is 1.10. The minimum atomic E-state index is -0.0840. The van der Waals surface area contributed by atoms with Crippen LogP contribution >= 0.6 is 39.1 Å². The molecule has 2 rings (SSSR count). The maximum absolute atomic E-state index is 11.9. The van der Waals surface area contributed by atoms with Gasteiger partial charge >= 0.3 is 0 Å². The van der Waals surface area contributed by atoms with Crippen molar-refractivity contribution in [2.45, 2.75) is 13.5 Å². The molecule has 2 nitrogen and oxygen atoms in total. The van der Waals surface area contributed by atoms with E-state index in [-0.39, 0.29) is 5.91 Å². The second kappa shape index (κ2) is 7.82. The molecule has 22 heavy (non-hydrogen) atoms. The van der Waals surface area contributed by atoms with E-state index in [1.807, 2.05) is 30.3 Å². The number of carbonyl (C=O) groups excluding carboxylic acids is 1. The average molecular weight is 399 g/mol. The number of nitrogens with zero attached hydrogens (tertiary/aromatic N) is 1. The van der Waals surface area contributed by atoms with Crippen molar-refractivity contribution in [3.05, 3.63) is 74.3 Å². The van der Waals surface area contributed by atoms with Crippen molar-refractivity contribution in [2.24, 2.45) is 0 Å². The molecule has 0 saturated heterocycles. The van der Waals surface area contributed by atoms with Crippen LogP contribution in [-0.2, 0) is 11.3 Å². The van der Waals surface area contributed by atoms with Crippen LogP contribution in [-0.4, -0.2) is 10.8 Å². The zero-order chi connectivity index (χ0) is 16.1. The Morgan fingerprint density at radius 2 is 1.77 bits per heavy atom. The summed E-state index contributed by atoms with van der Waals surface area (Å²) in [6.45, 7) is 1.84. The Balaban J connectivity index is 2.25. The van der Waals surface area contributed by atoms with Crippen molar-refractivity contribution in [3.63, 3.8) is 0 Å².